The molecule has 0 aromatic carbocycles. The van der Waals surface area contributed by atoms with E-state index in [-0.39, 0.29) is 17.9 Å². The maximum absolute atomic E-state index is 13.5. The fourth-order valence-electron chi connectivity index (χ4n) is 5.75. The van der Waals surface area contributed by atoms with Crippen molar-refractivity contribution in [1.82, 2.24) is 0 Å². The van der Waals surface area contributed by atoms with Crippen LogP contribution in [-0.2, 0) is 23.5 Å². The second kappa shape index (κ2) is 7.69. The van der Waals surface area contributed by atoms with Crippen molar-refractivity contribution in [2.75, 3.05) is 0 Å². The van der Waals surface area contributed by atoms with Crippen molar-refractivity contribution in [3.63, 3.8) is 0 Å². The van der Waals surface area contributed by atoms with Gasteiger partial charge in [0.1, 0.15) is 11.2 Å². The molecule has 0 amide bonds. The van der Waals surface area contributed by atoms with Crippen LogP contribution in [0.3, 0.4) is 0 Å². The number of esters is 2. The van der Waals surface area contributed by atoms with Gasteiger partial charge in [0.15, 0.2) is 13.9 Å². The Kier molecular flexibility index (Phi) is 5.91. The molecule has 3 aliphatic rings. The summed E-state index contributed by atoms with van der Waals surface area (Å²) in [6.07, 6.45) is 6.64. The number of fused-ring (bicyclic) bond motifs is 2. The van der Waals surface area contributed by atoms with Crippen LogP contribution in [0, 0.1) is 5.92 Å². The molecule has 3 rings (SSSR count). The van der Waals surface area contributed by atoms with Crippen molar-refractivity contribution in [3.8, 4) is 0 Å². The molecule has 2 heterocycles. The van der Waals surface area contributed by atoms with Gasteiger partial charge in [0.05, 0.1) is 0 Å². The number of rotatable bonds is 8. The molecule has 0 spiro atoms. The second-order valence-corrected chi connectivity index (χ2v) is 14.1. The third-order valence-electron chi connectivity index (χ3n) is 7.61. The van der Waals surface area contributed by atoms with Gasteiger partial charge in [-0.2, -0.15) is 0 Å². The summed E-state index contributed by atoms with van der Waals surface area (Å²) in [5, 5.41) is 0. The van der Waals surface area contributed by atoms with Gasteiger partial charge in [-0.25, -0.2) is 9.59 Å². The van der Waals surface area contributed by atoms with Crippen LogP contribution in [0.2, 0.25) is 18.1 Å². The molecule has 0 radical (unpaired) electrons. The first-order valence-electron chi connectivity index (χ1n) is 11.1. The molecular formula is C23H36O5Si. The van der Waals surface area contributed by atoms with Crippen LogP contribution in [-0.4, -0.2) is 37.1 Å². The normalized spacial score (nSPS) is 33.3. The molecule has 0 unspecified atom stereocenters. The topological polar surface area (TPSA) is 61.8 Å². The van der Waals surface area contributed by atoms with Crippen molar-refractivity contribution in [1.29, 1.82) is 0 Å². The Hall–Kier alpha value is -1.40. The number of hydrogen-bond donors (Lipinski definition) is 0. The number of ether oxygens (including phenoxy) is 2. The van der Waals surface area contributed by atoms with E-state index < -0.39 is 25.1 Å². The maximum atomic E-state index is 13.5. The molecule has 1 saturated carbocycles. The Morgan fingerprint density at radius 2 is 1.86 bits per heavy atom. The molecule has 0 bridgehead atoms. The summed E-state index contributed by atoms with van der Waals surface area (Å²) >= 11 is 0. The molecule has 2 fully saturated rings. The lowest BCUT2D eigenvalue weighted by molar-refractivity contribution is -0.165. The first kappa shape index (κ1) is 22.3. The summed E-state index contributed by atoms with van der Waals surface area (Å²) in [6.45, 7) is 14.3. The van der Waals surface area contributed by atoms with Gasteiger partial charge in [-0.05, 0) is 63.2 Å². The Bertz CT molecular complexity index is 715. The van der Waals surface area contributed by atoms with Crippen LogP contribution < -0.4 is 0 Å². The number of carbonyl (C=O) groups is 2. The lowest BCUT2D eigenvalue weighted by Gasteiger charge is -2.44. The van der Waals surface area contributed by atoms with Gasteiger partial charge < -0.3 is 13.9 Å². The van der Waals surface area contributed by atoms with Crippen molar-refractivity contribution in [2.24, 2.45) is 5.92 Å². The first-order valence-corrected chi connectivity index (χ1v) is 13.6. The standard InChI is InChI=1S/C23H36O5Si/c1-7-11-14-22-16-23(28-29(8-2,9-3)10-4)18(21(5,6)27-20(23)25)13-12-17(22)15-19(24)26-22/h7,15,18H,1,8-14,16H2,2-6H3/t18-,22-,23+/m0/s1. The first-order chi connectivity index (χ1) is 13.6. The van der Waals surface area contributed by atoms with Gasteiger partial charge in [-0.1, -0.05) is 26.8 Å². The lowest BCUT2D eigenvalue weighted by Crippen LogP contribution is -2.57. The van der Waals surface area contributed by atoms with Crippen molar-refractivity contribution < 1.29 is 23.5 Å². The smallest absolute Gasteiger partial charge is 0.338 e. The minimum Gasteiger partial charge on any atom is -0.457 e. The third kappa shape index (κ3) is 3.52. The van der Waals surface area contributed by atoms with E-state index in [4.69, 9.17) is 13.9 Å². The van der Waals surface area contributed by atoms with E-state index in [0.717, 1.165) is 36.5 Å². The summed E-state index contributed by atoms with van der Waals surface area (Å²) in [6, 6.07) is 2.85. The number of carbonyl (C=O) groups excluding carboxylic acids is 2. The van der Waals surface area contributed by atoms with E-state index in [1.807, 2.05) is 19.9 Å². The summed E-state index contributed by atoms with van der Waals surface area (Å²) in [4.78, 5) is 25.8. The summed E-state index contributed by atoms with van der Waals surface area (Å²) in [5.74, 6) is -0.653. The van der Waals surface area contributed by atoms with Crippen molar-refractivity contribution in [3.05, 3.63) is 24.3 Å². The highest BCUT2D eigenvalue weighted by molar-refractivity contribution is 6.73. The summed E-state index contributed by atoms with van der Waals surface area (Å²) in [5.41, 5.74) is -1.45. The highest BCUT2D eigenvalue weighted by Crippen LogP contribution is 2.57. The van der Waals surface area contributed by atoms with Crippen LogP contribution in [0.5, 0.6) is 0 Å². The minimum atomic E-state index is -2.13. The molecule has 2 aliphatic heterocycles. The maximum Gasteiger partial charge on any atom is 0.338 e. The van der Waals surface area contributed by atoms with Crippen molar-refractivity contribution >= 4 is 20.3 Å². The quantitative estimate of drug-likeness (QED) is 0.312. The predicted octanol–water partition coefficient (Wildman–Crippen LogP) is 5.07. The lowest BCUT2D eigenvalue weighted by atomic mass is 9.74. The summed E-state index contributed by atoms with van der Waals surface area (Å²) < 4.78 is 18.9. The molecule has 5 nitrogen and oxygen atoms in total. The van der Waals surface area contributed by atoms with E-state index in [1.165, 1.54) is 0 Å². The average molecular weight is 421 g/mol. The summed E-state index contributed by atoms with van der Waals surface area (Å²) in [7, 11) is -2.13. The number of cyclic esters (lactones) is 1. The highest BCUT2D eigenvalue weighted by atomic mass is 28.4. The largest absolute Gasteiger partial charge is 0.457 e. The van der Waals surface area contributed by atoms with Gasteiger partial charge in [-0.15, -0.1) is 6.58 Å². The monoisotopic (exact) mass is 420 g/mol. The molecule has 162 valence electrons. The van der Waals surface area contributed by atoms with E-state index in [2.05, 4.69) is 27.4 Å². The zero-order chi connectivity index (χ0) is 21.5. The Labute approximate surface area is 176 Å². The Morgan fingerprint density at radius 1 is 1.21 bits per heavy atom. The molecule has 0 aromatic heterocycles. The fourth-order valence-corrected chi connectivity index (χ4v) is 8.75. The zero-order valence-electron chi connectivity index (χ0n) is 18.6. The molecule has 1 aliphatic carbocycles. The molecule has 29 heavy (non-hydrogen) atoms. The average Bonchev–Trinajstić information content (AvgIpc) is 3.01. The number of allylic oxidation sites excluding steroid dienone is 1. The molecule has 0 aromatic rings. The molecular weight excluding hydrogens is 384 g/mol. The van der Waals surface area contributed by atoms with Gasteiger partial charge >= 0.3 is 11.9 Å². The van der Waals surface area contributed by atoms with E-state index >= 15 is 0 Å². The molecule has 3 atom stereocenters. The molecule has 1 saturated heterocycles. The molecule has 6 heteroatoms. The van der Waals surface area contributed by atoms with Gasteiger partial charge in [0.2, 0.25) is 0 Å². The Morgan fingerprint density at radius 3 is 2.45 bits per heavy atom. The number of hydrogen-bond acceptors (Lipinski definition) is 5. The SMILES string of the molecule is C=CCC[C@]12C[C@]3(O[Si](CC)(CC)CC)C(=O)OC(C)(C)[C@@H]3CCC1=CC(=O)O2. The second-order valence-electron chi connectivity index (χ2n) is 9.41. The minimum absolute atomic E-state index is 0.0650. The van der Waals surface area contributed by atoms with Crippen molar-refractivity contribution in [2.45, 2.75) is 102 Å². The third-order valence-corrected chi connectivity index (χ3v) is 12.3. The highest BCUT2D eigenvalue weighted by Gasteiger charge is 2.68. The predicted molar refractivity (Wildman–Crippen MR) is 115 cm³/mol. The van der Waals surface area contributed by atoms with Gasteiger partial charge in [-0.3, -0.25) is 0 Å². The van der Waals surface area contributed by atoms with E-state index in [0.29, 0.717) is 19.3 Å². The Balaban J connectivity index is 2.14. The van der Waals surface area contributed by atoms with Crippen LogP contribution in [0.4, 0.5) is 0 Å². The van der Waals surface area contributed by atoms with Crippen LogP contribution in [0.1, 0.15) is 66.7 Å². The molecule has 0 N–H and O–H groups in total. The van der Waals surface area contributed by atoms with Crippen LogP contribution >= 0.6 is 0 Å². The van der Waals surface area contributed by atoms with Crippen LogP contribution in [0.25, 0.3) is 0 Å². The van der Waals surface area contributed by atoms with Gasteiger partial charge in [0.25, 0.3) is 0 Å². The van der Waals surface area contributed by atoms with Crippen LogP contribution in [0.15, 0.2) is 24.3 Å². The van der Waals surface area contributed by atoms with E-state index in [9.17, 15) is 9.59 Å². The van der Waals surface area contributed by atoms with E-state index in [1.54, 1.807) is 6.08 Å². The zero-order valence-corrected chi connectivity index (χ0v) is 19.6. The van der Waals surface area contributed by atoms with Gasteiger partial charge in [0, 0.05) is 18.4 Å². The fraction of sp³-hybridized carbons (Fsp3) is 0.739.